The van der Waals surface area contributed by atoms with Crippen molar-refractivity contribution in [3.8, 4) is 0 Å². The van der Waals surface area contributed by atoms with Gasteiger partial charge in [0.1, 0.15) is 17.6 Å². The minimum atomic E-state index is -4.53. The summed E-state index contributed by atoms with van der Waals surface area (Å²) in [4.78, 5) is 17.6. The highest BCUT2D eigenvalue weighted by molar-refractivity contribution is 7.21. The van der Waals surface area contributed by atoms with Crippen molar-refractivity contribution >= 4 is 39.2 Å². The largest absolute Gasteiger partial charge is 0.444 e. The number of anilines is 1. The van der Waals surface area contributed by atoms with Gasteiger partial charge in [-0.05, 0) is 32.4 Å². The number of oxime groups is 1. The summed E-state index contributed by atoms with van der Waals surface area (Å²) in [6.07, 6.45) is -6.63. The molecular weight excluding hydrogens is 454 g/mol. The average molecular weight is 477 g/mol. The molecule has 2 aromatic rings. The number of carbonyl (C=O) groups is 1. The normalized spacial score (nSPS) is 20.1. The molecular formula is C19H23F4N5O3S. The number of hydrogen-bond donors (Lipinski definition) is 3. The summed E-state index contributed by atoms with van der Waals surface area (Å²) in [6, 6.07) is 0.543. The smallest absolute Gasteiger partial charge is 0.410 e. The van der Waals surface area contributed by atoms with Gasteiger partial charge in [-0.3, -0.25) is 0 Å². The van der Waals surface area contributed by atoms with Crippen LogP contribution in [0.1, 0.15) is 31.2 Å². The molecule has 32 heavy (non-hydrogen) atoms. The van der Waals surface area contributed by atoms with E-state index in [1.54, 1.807) is 20.8 Å². The summed E-state index contributed by atoms with van der Waals surface area (Å²) in [5.41, 5.74) is 4.71. The van der Waals surface area contributed by atoms with Crippen LogP contribution >= 0.6 is 11.3 Å². The van der Waals surface area contributed by atoms with E-state index in [1.807, 2.05) is 0 Å². The van der Waals surface area contributed by atoms with E-state index in [-0.39, 0.29) is 34.7 Å². The Balaban J connectivity index is 1.91. The zero-order valence-corrected chi connectivity index (χ0v) is 18.4. The SMILES string of the molecule is CC(C)(C)OC(=O)N1C[C@H](F)[C@H](Nc2nccc3c(CC(F)(F)F)c(/C(N)=N/O)sc23)C1. The Hall–Kier alpha value is -2.83. The number of aromatic nitrogens is 1. The van der Waals surface area contributed by atoms with Crippen LogP contribution in [0.3, 0.4) is 0 Å². The summed E-state index contributed by atoms with van der Waals surface area (Å²) in [5.74, 6) is -0.316. The first-order valence-corrected chi connectivity index (χ1v) is 10.4. The van der Waals surface area contributed by atoms with Crippen molar-refractivity contribution in [1.82, 2.24) is 9.88 Å². The number of halogens is 4. The van der Waals surface area contributed by atoms with Gasteiger partial charge in [-0.25, -0.2) is 14.2 Å². The Morgan fingerprint density at radius 3 is 2.69 bits per heavy atom. The fourth-order valence-corrected chi connectivity index (χ4v) is 4.52. The third-order valence-corrected chi connectivity index (χ3v) is 5.92. The number of amides is 1. The van der Waals surface area contributed by atoms with Crippen LogP contribution in [0.4, 0.5) is 28.2 Å². The van der Waals surface area contributed by atoms with E-state index in [4.69, 9.17) is 15.7 Å². The molecule has 176 valence electrons. The highest BCUT2D eigenvalue weighted by atomic mass is 32.1. The van der Waals surface area contributed by atoms with Crippen molar-refractivity contribution < 1.29 is 32.3 Å². The van der Waals surface area contributed by atoms with Crippen molar-refractivity contribution in [3.05, 3.63) is 22.7 Å². The zero-order valence-electron chi connectivity index (χ0n) is 17.5. The van der Waals surface area contributed by atoms with Gasteiger partial charge in [-0.15, -0.1) is 11.3 Å². The first-order valence-electron chi connectivity index (χ1n) is 9.62. The Labute approximate surface area is 185 Å². The molecule has 0 bridgehead atoms. The third kappa shape index (κ3) is 5.31. The minimum Gasteiger partial charge on any atom is -0.444 e. The van der Waals surface area contributed by atoms with Crippen LogP contribution in [0.25, 0.3) is 10.1 Å². The van der Waals surface area contributed by atoms with Crippen LogP contribution in [0, 0.1) is 0 Å². The number of pyridine rings is 1. The minimum absolute atomic E-state index is 0.0119. The maximum Gasteiger partial charge on any atom is 0.410 e. The molecule has 0 aliphatic carbocycles. The molecule has 0 radical (unpaired) electrons. The van der Waals surface area contributed by atoms with Gasteiger partial charge in [-0.1, -0.05) is 5.16 Å². The second-order valence-corrected chi connectivity index (χ2v) is 9.40. The van der Waals surface area contributed by atoms with Gasteiger partial charge in [0.15, 0.2) is 5.84 Å². The number of hydrogen-bond acceptors (Lipinski definition) is 7. The number of fused-ring (bicyclic) bond motifs is 1. The lowest BCUT2D eigenvalue weighted by Crippen LogP contribution is -2.36. The monoisotopic (exact) mass is 477 g/mol. The number of amidine groups is 1. The lowest BCUT2D eigenvalue weighted by Gasteiger charge is -2.24. The molecule has 3 heterocycles. The van der Waals surface area contributed by atoms with E-state index < -0.39 is 42.3 Å². The maximum atomic E-state index is 14.6. The zero-order chi connectivity index (χ0) is 23.8. The quantitative estimate of drug-likeness (QED) is 0.203. The van der Waals surface area contributed by atoms with Crippen LogP contribution in [-0.4, -0.2) is 64.1 Å². The van der Waals surface area contributed by atoms with Crippen molar-refractivity contribution in [1.29, 1.82) is 0 Å². The number of nitrogens with one attached hydrogen (secondary N) is 1. The lowest BCUT2D eigenvalue weighted by atomic mass is 10.1. The topological polar surface area (TPSA) is 113 Å². The number of alkyl halides is 4. The maximum absolute atomic E-state index is 14.6. The Morgan fingerprint density at radius 2 is 2.09 bits per heavy atom. The summed E-state index contributed by atoms with van der Waals surface area (Å²) in [5, 5.41) is 14.9. The van der Waals surface area contributed by atoms with Crippen LogP contribution in [0.15, 0.2) is 17.4 Å². The molecule has 1 fully saturated rings. The summed E-state index contributed by atoms with van der Waals surface area (Å²) in [6.45, 7) is 4.89. The number of nitrogens with zero attached hydrogens (tertiary/aromatic N) is 3. The number of nitrogens with two attached hydrogens (primary N) is 1. The predicted molar refractivity (Wildman–Crippen MR) is 112 cm³/mol. The molecule has 1 amide bonds. The number of ether oxygens (including phenoxy) is 1. The van der Waals surface area contributed by atoms with Gasteiger partial charge in [0.05, 0.1) is 28.6 Å². The van der Waals surface area contributed by atoms with E-state index in [0.29, 0.717) is 4.70 Å². The van der Waals surface area contributed by atoms with E-state index >= 15 is 0 Å². The number of rotatable bonds is 4. The number of likely N-dealkylation sites (tertiary alicyclic amines) is 1. The Kier molecular flexibility index (Phi) is 6.40. The molecule has 13 heteroatoms. The van der Waals surface area contributed by atoms with Crippen molar-refractivity contribution in [3.63, 3.8) is 0 Å². The van der Waals surface area contributed by atoms with E-state index in [2.05, 4.69) is 15.5 Å². The van der Waals surface area contributed by atoms with Gasteiger partial charge in [0.25, 0.3) is 0 Å². The lowest BCUT2D eigenvalue weighted by molar-refractivity contribution is -0.126. The molecule has 0 unspecified atom stereocenters. The van der Waals surface area contributed by atoms with Crippen LogP contribution in [0.2, 0.25) is 0 Å². The van der Waals surface area contributed by atoms with E-state index in [9.17, 15) is 22.4 Å². The average Bonchev–Trinajstić information content (AvgIpc) is 3.20. The molecule has 4 N–H and O–H groups in total. The molecule has 1 saturated heterocycles. The van der Waals surface area contributed by atoms with Crippen molar-refractivity contribution in [2.45, 2.75) is 51.2 Å². The first-order chi connectivity index (χ1) is 14.8. The van der Waals surface area contributed by atoms with E-state index in [0.717, 1.165) is 11.3 Å². The second kappa shape index (κ2) is 8.60. The van der Waals surface area contributed by atoms with Crippen LogP contribution < -0.4 is 11.1 Å². The summed E-state index contributed by atoms with van der Waals surface area (Å²) < 4.78 is 59.6. The Bertz CT molecular complexity index is 1030. The molecule has 8 nitrogen and oxygen atoms in total. The van der Waals surface area contributed by atoms with Crippen molar-refractivity contribution in [2.75, 3.05) is 18.4 Å². The standard InChI is InChI=1S/C19H23F4N5O3S/c1-18(2,3)31-17(29)28-7-11(20)12(8-28)26-16-14-9(4-5-25-16)10(6-19(21,22)23)13(32-14)15(24)27-30/h4-5,11-12,30H,6-8H2,1-3H3,(H2,24,27)(H,25,26)/t11-,12+/m0/s1. The number of thiophene rings is 1. The molecule has 0 saturated carbocycles. The Morgan fingerprint density at radius 1 is 1.41 bits per heavy atom. The molecule has 2 atom stereocenters. The molecule has 0 aromatic carbocycles. The van der Waals surface area contributed by atoms with Gasteiger partial charge in [0, 0.05) is 18.1 Å². The highest BCUT2D eigenvalue weighted by Gasteiger charge is 2.38. The van der Waals surface area contributed by atoms with Gasteiger partial charge in [-0.2, -0.15) is 13.2 Å². The van der Waals surface area contributed by atoms with E-state index in [1.165, 1.54) is 17.2 Å². The molecule has 3 rings (SSSR count). The summed E-state index contributed by atoms with van der Waals surface area (Å²) >= 11 is 0.855. The van der Waals surface area contributed by atoms with Crippen molar-refractivity contribution in [2.24, 2.45) is 10.9 Å². The molecule has 1 aliphatic rings. The van der Waals surface area contributed by atoms with Gasteiger partial charge < -0.3 is 25.9 Å². The van der Waals surface area contributed by atoms with Gasteiger partial charge in [0.2, 0.25) is 0 Å². The molecule has 1 aliphatic heterocycles. The highest BCUT2D eigenvalue weighted by Crippen LogP contribution is 2.39. The van der Waals surface area contributed by atoms with Crippen LogP contribution in [0.5, 0.6) is 0 Å². The predicted octanol–water partition coefficient (Wildman–Crippen LogP) is 3.86. The molecule has 2 aromatic heterocycles. The van der Waals surface area contributed by atoms with Gasteiger partial charge >= 0.3 is 12.3 Å². The number of carbonyl (C=O) groups excluding carboxylic acids is 1. The summed E-state index contributed by atoms with van der Waals surface area (Å²) in [7, 11) is 0. The second-order valence-electron chi connectivity index (χ2n) is 8.38. The molecule has 0 spiro atoms. The fraction of sp³-hybridized carbons (Fsp3) is 0.526. The fourth-order valence-electron chi connectivity index (χ4n) is 3.36. The first kappa shape index (κ1) is 23.8. The van der Waals surface area contributed by atoms with Crippen LogP contribution in [-0.2, 0) is 11.2 Å². The third-order valence-electron chi connectivity index (χ3n) is 4.65.